The zero-order valence-electron chi connectivity index (χ0n) is 14.3. The standard InChI is InChI=1S/C17H22N2O4S2/c1-18-14(20)10-19(2)15(21)11-23-16(22)12-4-6-13(7-5-12)17-24-8-3-9-25-17/h4-7,17H,3,8-11H2,1-2H3,(H,18,20). The minimum absolute atomic E-state index is 0.0711. The van der Waals surface area contributed by atoms with E-state index < -0.39 is 11.9 Å². The number of carbonyl (C=O) groups excluding carboxylic acids is 3. The molecule has 0 saturated carbocycles. The van der Waals surface area contributed by atoms with Crippen LogP contribution in [0.4, 0.5) is 0 Å². The zero-order valence-corrected chi connectivity index (χ0v) is 16.0. The Hall–Kier alpha value is -1.67. The molecule has 0 atom stereocenters. The lowest BCUT2D eigenvalue weighted by molar-refractivity contribution is -0.137. The van der Waals surface area contributed by atoms with Gasteiger partial charge in [0, 0.05) is 14.1 Å². The van der Waals surface area contributed by atoms with E-state index in [-0.39, 0.29) is 19.1 Å². The molecule has 1 aromatic carbocycles. The van der Waals surface area contributed by atoms with Crippen molar-refractivity contribution in [2.45, 2.75) is 11.0 Å². The van der Waals surface area contributed by atoms with Crippen molar-refractivity contribution in [3.8, 4) is 0 Å². The van der Waals surface area contributed by atoms with Crippen LogP contribution in [0.1, 0.15) is 26.9 Å². The molecule has 0 aromatic heterocycles. The monoisotopic (exact) mass is 382 g/mol. The SMILES string of the molecule is CNC(=O)CN(C)C(=O)COC(=O)c1ccc(C2SCCCS2)cc1. The number of nitrogens with zero attached hydrogens (tertiary/aromatic N) is 1. The summed E-state index contributed by atoms with van der Waals surface area (Å²) in [5, 5.41) is 2.43. The predicted octanol–water partition coefficient (Wildman–Crippen LogP) is 1.92. The number of likely N-dealkylation sites (N-methyl/N-ethyl adjacent to an activating group) is 2. The Kier molecular flexibility index (Phi) is 7.64. The third kappa shape index (κ3) is 5.97. The lowest BCUT2D eigenvalue weighted by Gasteiger charge is -2.21. The number of rotatable bonds is 6. The molecular weight excluding hydrogens is 360 g/mol. The first-order chi connectivity index (χ1) is 12.0. The van der Waals surface area contributed by atoms with Crippen LogP contribution < -0.4 is 5.32 Å². The summed E-state index contributed by atoms with van der Waals surface area (Å²) in [4.78, 5) is 36.4. The largest absolute Gasteiger partial charge is 0.452 e. The Balaban J connectivity index is 1.84. The van der Waals surface area contributed by atoms with Crippen molar-refractivity contribution in [2.24, 2.45) is 0 Å². The molecule has 25 heavy (non-hydrogen) atoms. The van der Waals surface area contributed by atoms with Gasteiger partial charge in [0.15, 0.2) is 6.61 Å². The van der Waals surface area contributed by atoms with Gasteiger partial charge in [-0.1, -0.05) is 12.1 Å². The van der Waals surface area contributed by atoms with Crippen LogP contribution in [0, 0.1) is 0 Å². The van der Waals surface area contributed by atoms with Crippen molar-refractivity contribution < 1.29 is 19.1 Å². The Morgan fingerprint density at radius 3 is 2.44 bits per heavy atom. The predicted molar refractivity (Wildman–Crippen MR) is 101 cm³/mol. The fourth-order valence-electron chi connectivity index (χ4n) is 2.16. The molecule has 0 radical (unpaired) electrons. The van der Waals surface area contributed by atoms with E-state index in [2.05, 4.69) is 5.32 Å². The van der Waals surface area contributed by atoms with E-state index in [0.717, 1.165) is 11.5 Å². The summed E-state index contributed by atoms with van der Waals surface area (Å²) < 4.78 is 5.45. The molecule has 1 heterocycles. The smallest absolute Gasteiger partial charge is 0.338 e. The molecule has 0 unspecified atom stereocenters. The molecule has 1 aromatic rings. The van der Waals surface area contributed by atoms with Gasteiger partial charge >= 0.3 is 5.97 Å². The van der Waals surface area contributed by atoms with Crippen LogP contribution in [0.25, 0.3) is 0 Å². The molecule has 1 aliphatic heterocycles. The number of hydrogen-bond donors (Lipinski definition) is 1. The number of ether oxygens (including phenoxy) is 1. The van der Waals surface area contributed by atoms with Crippen molar-refractivity contribution in [1.29, 1.82) is 0 Å². The van der Waals surface area contributed by atoms with Crippen LogP contribution in [0.15, 0.2) is 24.3 Å². The second kappa shape index (κ2) is 9.72. The molecule has 0 spiro atoms. The number of esters is 1. The van der Waals surface area contributed by atoms with Crippen LogP contribution in [0.2, 0.25) is 0 Å². The number of nitrogens with one attached hydrogen (secondary N) is 1. The summed E-state index contributed by atoms with van der Waals surface area (Å²) in [6.07, 6.45) is 1.23. The average Bonchev–Trinajstić information content (AvgIpc) is 2.66. The summed E-state index contributed by atoms with van der Waals surface area (Å²) in [6.45, 7) is -0.458. The maximum atomic E-state index is 12.1. The van der Waals surface area contributed by atoms with Gasteiger partial charge in [-0.2, -0.15) is 0 Å². The number of hydrogen-bond acceptors (Lipinski definition) is 6. The second-order valence-corrected chi connectivity index (χ2v) is 8.27. The van der Waals surface area contributed by atoms with Gasteiger partial charge in [0.25, 0.3) is 5.91 Å². The molecule has 6 nitrogen and oxygen atoms in total. The fourth-order valence-corrected chi connectivity index (χ4v) is 5.05. The van der Waals surface area contributed by atoms with E-state index in [9.17, 15) is 14.4 Å². The number of benzene rings is 1. The molecule has 1 saturated heterocycles. The Morgan fingerprint density at radius 2 is 1.84 bits per heavy atom. The Labute approximate surface area is 156 Å². The summed E-state index contributed by atoms with van der Waals surface area (Å²) in [5.41, 5.74) is 1.60. The molecule has 0 aliphatic carbocycles. The number of amides is 2. The lowest BCUT2D eigenvalue weighted by atomic mass is 10.1. The molecule has 8 heteroatoms. The molecule has 136 valence electrons. The van der Waals surface area contributed by atoms with Gasteiger partial charge in [-0.15, -0.1) is 23.5 Å². The van der Waals surface area contributed by atoms with E-state index in [1.165, 1.54) is 31.0 Å². The quantitative estimate of drug-likeness (QED) is 0.758. The van der Waals surface area contributed by atoms with Crippen molar-refractivity contribution in [2.75, 3.05) is 38.8 Å². The third-order valence-electron chi connectivity index (χ3n) is 3.66. The van der Waals surface area contributed by atoms with Crippen molar-refractivity contribution in [1.82, 2.24) is 10.2 Å². The highest BCUT2D eigenvalue weighted by Crippen LogP contribution is 2.43. The topological polar surface area (TPSA) is 75.7 Å². The Bertz CT molecular complexity index is 616. The fraction of sp³-hybridized carbons (Fsp3) is 0.471. The first-order valence-corrected chi connectivity index (χ1v) is 10.1. The van der Waals surface area contributed by atoms with Gasteiger partial charge in [-0.3, -0.25) is 9.59 Å². The normalized spacial score (nSPS) is 14.6. The van der Waals surface area contributed by atoms with Crippen molar-refractivity contribution in [3.05, 3.63) is 35.4 Å². The van der Waals surface area contributed by atoms with E-state index >= 15 is 0 Å². The van der Waals surface area contributed by atoms with Crippen molar-refractivity contribution >= 4 is 41.3 Å². The lowest BCUT2D eigenvalue weighted by Crippen LogP contribution is -2.39. The molecule has 1 aliphatic rings. The van der Waals surface area contributed by atoms with Crippen LogP contribution in [-0.2, 0) is 14.3 Å². The van der Waals surface area contributed by atoms with Crippen molar-refractivity contribution in [3.63, 3.8) is 0 Å². The number of carbonyl (C=O) groups is 3. The van der Waals surface area contributed by atoms with Crippen LogP contribution >= 0.6 is 23.5 Å². The van der Waals surface area contributed by atoms with E-state index in [1.807, 2.05) is 35.7 Å². The average molecular weight is 383 g/mol. The summed E-state index contributed by atoms with van der Waals surface area (Å²) in [7, 11) is 2.98. The molecular formula is C17H22N2O4S2. The van der Waals surface area contributed by atoms with Crippen LogP contribution in [0.5, 0.6) is 0 Å². The van der Waals surface area contributed by atoms with Crippen LogP contribution in [0.3, 0.4) is 0 Å². The maximum absolute atomic E-state index is 12.1. The maximum Gasteiger partial charge on any atom is 0.338 e. The van der Waals surface area contributed by atoms with Gasteiger partial charge in [-0.05, 0) is 35.6 Å². The van der Waals surface area contributed by atoms with E-state index in [4.69, 9.17) is 4.74 Å². The van der Waals surface area contributed by atoms with E-state index in [1.54, 1.807) is 12.1 Å². The first-order valence-electron chi connectivity index (χ1n) is 7.96. The number of thioether (sulfide) groups is 2. The highest BCUT2D eigenvalue weighted by atomic mass is 32.2. The highest BCUT2D eigenvalue weighted by Gasteiger charge is 2.18. The molecule has 0 bridgehead atoms. The summed E-state index contributed by atoms with van der Waals surface area (Å²) in [5.74, 6) is 1.07. The second-order valence-electron chi connectivity index (χ2n) is 5.55. The molecule has 1 N–H and O–H groups in total. The van der Waals surface area contributed by atoms with Gasteiger partial charge in [0.05, 0.1) is 16.7 Å². The van der Waals surface area contributed by atoms with Gasteiger partial charge < -0.3 is 15.0 Å². The summed E-state index contributed by atoms with van der Waals surface area (Å²) >= 11 is 3.84. The first kappa shape index (κ1) is 19.7. The minimum atomic E-state index is -0.544. The molecule has 1 fully saturated rings. The highest BCUT2D eigenvalue weighted by molar-refractivity contribution is 8.16. The molecule has 2 amide bonds. The van der Waals surface area contributed by atoms with Gasteiger partial charge in [0.2, 0.25) is 5.91 Å². The Morgan fingerprint density at radius 1 is 1.20 bits per heavy atom. The van der Waals surface area contributed by atoms with Gasteiger partial charge in [0.1, 0.15) is 0 Å². The summed E-state index contributed by atoms with van der Waals surface area (Å²) in [6, 6.07) is 7.33. The van der Waals surface area contributed by atoms with Gasteiger partial charge in [-0.25, -0.2) is 4.79 Å². The third-order valence-corrected chi connectivity index (χ3v) is 6.67. The van der Waals surface area contributed by atoms with E-state index in [0.29, 0.717) is 10.1 Å². The molecule has 2 rings (SSSR count). The zero-order chi connectivity index (χ0) is 18.2. The van der Waals surface area contributed by atoms with Crippen LogP contribution in [-0.4, -0.2) is 61.4 Å². The minimum Gasteiger partial charge on any atom is -0.452 e.